The van der Waals surface area contributed by atoms with Crippen LogP contribution in [0, 0.1) is 0 Å². The number of alkyl halides is 2. The molecule has 0 amide bonds. The molecule has 1 aliphatic heterocycles. The second-order valence-corrected chi connectivity index (χ2v) is 6.20. The van der Waals surface area contributed by atoms with E-state index in [1.54, 1.807) is 19.1 Å². The molecule has 1 aromatic rings. The predicted molar refractivity (Wildman–Crippen MR) is 83.1 cm³/mol. The molecule has 0 spiro atoms. The van der Waals surface area contributed by atoms with Crippen molar-refractivity contribution in [3.05, 3.63) is 23.3 Å². The number of nitrogens with zero attached hydrogens (tertiary/aromatic N) is 1. The highest BCUT2D eigenvalue weighted by Gasteiger charge is 2.35. The maximum atomic E-state index is 13.6. The maximum Gasteiger partial charge on any atom is 0.260 e. The number of hydrogen-bond acceptors (Lipinski definition) is 3. The van der Waals surface area contributed by atoms with Gasteiger partial charge in [-0.05, 0) is 24.9 Å². The summed E-state index contributed by atoms with van der Waals surface area (Å²) in [6, 6.07) is 3.81. The van der Waals surface area contributed by atoms with Crippen molar-refractivity contribution in [2.24, 2.45) is 0 Å². The van der Waals surface area contributed by atoms with Gasteiger partial charge in [-0.25, -0.2) is 8.78 Å². The topological polar surface area (TPSA) is 21.7 Å². The lowest BCUT2D eigenvalue weighted by molar-refractivity contribution is -0.0662. The quantitative estimate of drug-likeness (QED) is 0.818. The van der Waals surface area contributed by atoms with Crippen molar-refractivity contribution < 1.29 is 18.3 Å². The van der Waals surface area contributed by atoms with E-state index in [2.05, 4.69) is 13.8 Å². The van der Waals surface area contributed by atoms with E-state index in [1.165, 1.54) is 0 Å². The maximum absolute atomic E-state index is 13.6. The molecule has 1 saturated heterocycles. The van der Waals surface area contributed by atoms with Crippen molar-refractivity contribution in [3.8, 4) is 11.5 Å². The first kappa shape index (κ1) is 17.0. The number of piperidine rings is 1. The molecule has 1 fully saturated rings. The second-order valence-electron chi connectivity index (χ2n) is 6.20. The molecule has 0 bridgehead atoms. The van der Waals surface area contributed by atoms with Gasteiger partial charge in [0.05, 0.1) is 20.8 Å². The van der Waals surface area contributed by atoms with Crippen LogP contribution < -0.4 is 9.47 Å². The first-order chi connectivity index (χ1) is 10.4. The van der Waals surface area contributed by atoms with Crippen LogP contribution >= 0.6 is 0 Å². The molecule has 0 radical (unpaired) electrons. The van der Waals surface area contributed by atoms with E-state index in [1.807, 2.05) is 12.1 Å². The van der Waals surface area contributed by atoms with Gasteiger partial charge in [0.25, 0.3) is 5.92 Å². The summed E-state index contributed by atoms with van der Waals surface area (Å²) in [5.41, 5.74) is 1.93. The Morgan fingerprint density at radius 1 is 1.23 bits per heavy atom. The van der Waals surface area contributed by atoms with Crippen molar-refractivity contribution in [2.75, 3.05) is 27.3 Å². The van der Waals surface area contributed by atoms with Gasteiger partial charge in [-0.2, -0.15) is 0 Å². The lowest BCUT2D eigenvalue weighted by atomic mass is 9.97. The normalized spacial score (nSPS) is 18.5. The zero-order chi connectivity index (χ0) is 16.3. The number of halogens is 2. The molecule has 0 N–H and O–H groups in total. The minimum Gasteiger partial charge on any atom is -0.496 e. The molecule has 1 heterocycles. The SMILES string of the molecule is COc1ccc(CN2CCCC(F)(F)C2)c(OC)c1C(C)C. The molecular weight excluding hydrogens is 288 g/mol. The van der Waals surface area contributed by atoms with E-state index in [4.69, 9.17) is 9.47 Å². The average Bonchev–Trinajstić information content (AvgIpc) is 2.45. The Kier molecular flexibility index (Phi) is 5.27. The molecule has 124 valence electrons. The molecule has 3 nitrogen and oxygen atoms in total. The standard InChI is InChI=1S/C17H25F2NO2/c1-12(2)15-14(21-3)7-6-13(16(15)22-4)10-20-9-5-8-17(18,19)11-20/h6-7,12H,5,8-11H2,1-4H3. The fourth-order valence-electron chi connectivity index (χ4n) is 3.14. The zero-order valence-corrected chi connectivity index (χ0v) is 13.8. The van der Waals surface area contributed by atoms with Crippen molar-refractivity contribution in [2.45, 2.75) is 45.1 Å². The Balaban J connectivity index is 2.29. The van der Waals surface area contributed by atoms with Crippen LogP contribution in [0.5, 0.6) is 11.5 Å². The predicted octanol–water partition coefficient (Wildman–Crippen LogP) is 4.06. The van der Waals surface area contributed by atoms with Crippen LogP contribution in [-0.2, 0) is 6.54 Å². The lowest BCUT2D eigenvalue weighted by Gasteiger charge is -2.33. The highest BCUT2D eigenvalue weighted by molar-refractivity contribution is 5.51. The van der Waals surface area contributed by atoms with Crippen LogP contribution in [0.4, 0.5) is 8.78 Å². The summed E-state index contributed by atoms with van der Waals surface area (Å²) in [5, 5.41) is 0. The van der Waals surface area contributed by atoms with E-state index >= 15 is 0 Å². The molecular formula is C17H25F2NO2. The molecule has 0 atom stereocenters. The van der Waals surface area contributed by atoms with Gasteiger partial charge in [-0.15, -0.1) is 0 Å². The Hall–Kier alpha value is -1.36. The van der Waals surface area contributed by atoms with Gasteiger partial charge in [0.2, 0.25) is 0 Å². The monoisotopic (exact) mass is 313 g/mol. The highest BCUT2D eigenvalue weighted by Crippen LogP contribution is 2.39. The van der Waals surface area contributed by atoms with Crippen LogP contribution in [-0.4, -0.2) is 38.1 Å². The summed E-state index contributed by atoms with van der Waals surface area (Å²) in [4.78, 5) is 1.80. The second kappa shape index (κ2) is 6.82. The number of likely N-dealkylation sites (tertiary alicyclic amines) is 1. The highest BCUT2D eigenvalue weighted by atomic mass is 19.3. The van der Waals surface area contributed by atoms with E-state index in [-0.39, 0.29) is 18.9 Å². The lowest BCUT2D eigenvalue weighted by Crippen LogP contribution is -2.42. The van der Waals surface area contributed by atoms with Crippen molar-refractivity contribution >= 4 is 0 Å². The summed E-state index contributed by atoms with van der Waals surface area (Å²) in [5.74, 6) is -0.825. The number of rotatable bonds is 5. The molecule has 22 heavy (non-hydrogen) atoms. The summed E-state index contributed by atoms with van der Waals surface area (Å²) < 4.78 is 38.1. The molecule has 2 rings (SSSR count). The summed E-state index contributed by atoms with van der Waals surface area (Å²) in [6.07, 6.45) is 0.517. The molecule has 5 heteroatoms. The minimum atomic E-state index is -2.58. The molecule has 0 unspecified atom stereocenters. The van der Waals surface area contributed by atoms with Crippen molar-refractivity contribution in [1.82, 2.24) is 4.90 Å². The Bertz CT molecular complexity index is 518. The molecule has 1 aliphatic rings. The van der Waals surface area contributed by atoms with Gasteiger partial charge in [0.15, 0.2) is 0 Å². The van der Waals surface area contributed by atoms with Crippen molar-refractivity contribution in [1.29, 1.82) is 0 Å². The number of methoxy groups -OCH3 is 2. The third kappa shape index (κ3) is 3.69. The summed E-state index contributed by atoms with van der Waals surface area (Å²) in [6.45, 7) is 5.13. The smallest absolute Gasteiger partial charge is 0.260 e. The molecule has 0 aliphatic carbocycles. The first-order valence-corrected chi connectivity index (χ1v) is 7.72. The van der Waals surface area contributed by atoms with Gasteiger partial charge >= 0.3 is 0 Å². The molecule has 0 aromatic heterocycles. The largest absolute Gasteiger partial charge is 0.496 e. The fraction of sp³-hybridized carbons (Fsp3) is 0.647. The van der Waals surface area contributed by atoms with E-state index in [9.17, 15) is 8.78 Å². The Morgan fingerprint density at radius 3 is 2.50 bits per heavy atom. The van der Waals surface area contributed by atoms with Crippen LogP contribution in [0.2, 0.25) is 0 Å². The molecule has 1 aromatic carbocycles. The first-order valence-electron chi connectivity index (χ1n) is 7.72. The van der Waals surface area contributed by atoms with Gasteiger partial charge in [0, 0.05) is 24.1 Å². The fourth-order valence-corrected chi connectivity index (χ4v) is 3.14. The zero-order valence-electron chi connectivity index (χ0n) is 13.8. The average molecular weight is 313 g/mol. The Labute approximate surface area is 131 Å². The summed E-state index contributed by atoms with van der Waals surface area (Å²) in [7, 11) is 3.25. The van der Waals surface area contributed by atoms with Crippen molar-refractivity contribution in [3.63, 3.8) is 0 Å². The minimum absolute atomic E-state index is 0.0134. The van der Waals surface area contributed by atoms with Crippen LogP contribution in [0.15, 0.2) is 12.1 Å². The van der Waals surface area contributed by atoms with Gasteiger partial charge in [-0.3, -0.25) is 4.90 Å². The molecule has 0 saturated carbocycles. The third-order valence-electron chi connectivity index (χ3n) is 4.10. The third-order valence-corrected chi connectivity index (χ3v) is 4.10. The Morgan fingerprint density at radius 2 is 1.95 bits per heavy atom. The van der Waals surface area contributed by atoms with E-state index in [0.29, 0.717) is 19.5 Å². The van der Waals surface area contributed by atoms with Gasteiger partial charge in [0.1, 0.15) is 11.5 Å². The van der Waals surface area contributed by atoms with Gasteiger partial charge < -0.3 is 9.47 Å². The number of ether oxygens (including phenoxy) is 2. The van der Waals surface area contributed by atoms with Crippen LogP contribution in [0.1, 0.15) is 43.7 Å². The van der Waals surface area contributed by atoms with E-state index in [0.717, 1.165) is 22.6 Å². The number of benzene rings is 1. The number of hydrogen-bond donors (Lipinski definition) is 0. The van der Waals surface area contributed by atoms with Crippen LogP contribution in [0.3, 0.4) is 0 Å². The summed E-state index contributed by atoms with van der Waals surface area (Å²) >= 11 is 0. The van der Waals surface area contributed by atoms with Gasteiger partial charge in [-0.1, -0.05) is 19.9 Å². The van der Waals surface area contributed by atoms with E-state index < -0.39 is 5.92 Å². The van der Waals surface area contributed by atoms with Crippen LogP contribution in [0.25, 0.3) is 0 Å².